The van der Waals surface area contributed by atoms with Gasteiger partial charge in [0.1, 0.15) is 5.65 Å². The first-order chi connectivity index (χ1) is 6.86. The quantitative estimate of drug-likeness (QED) is 0.742. The van der Waals surface area contributed by atoms with Crippen LogP contribution >= 0.6 is 0 Å². The molecule has 0 spiro atoms. The van der Waals surface area contributed by atoms with Crippen molar-refractivity contribution in [1.82, 2.24) is 9.55 Å². The molecule has 2 aromatic rings. The summed E-state index contributed by atoms with van der Waals surface area (Å²) in [5, 5.41) is 9.95. The zero-order valence-corrected chi connectivity index (χ0v) is 7.85. The lowest BCUT2D eigenvalue weighted by Crippen LogP contribution is -2.01. The van der Waals surface area contributed by atoms with Gasteiger partial charge in [0.05, 0.1) is 6.61 Å². The van der Waals surface area contributed by atoms with Crippen LogP contribution in [0.4, 0.5) is 0 Å². The van der Waals surface area contributed by atoms with Gasteiger partial charge in [-0.3, -0.25) is 0 Å². The van der Waals surface area contributed by atoms with Crippen LogP contribution in [0, 0.1) is 0 Å². The molecule has 0 atom stereocenters. The van der Waals surface area contributed by atoms with E-state index in [0.717, 1.165) is 16.6 Å². The van der Waals surface area contributed by atoms with Gasteiger partial charge in [-0.05, 0) is 17.7 Å². The fourth-order valence-electron chi connectivity index (χ4n) is 1.64. The number of rotatable bonds is 3. The summed E-state index contributed by atoms with van der Waals surface area (Å²) in [5.74, 6) is 0. The third-order valence-corrected chi connectivity index (χ3v) is 2.28. The van der Waals surface area contributed by atoms with Crippen molar-refractivity contribution in [2.24, 2.45) is 5.73 Å². The van der Waals surface area contributed by atoms with E-state index < -0.39 is 0 Å². The number of aliphatic hydroxyl groups excluding tert-OH is 1. The normalized spacial score (nSPS) is 11.0. The smallest absolute Gasteiger partial charge is 0.140 e. The molecule has 0 amide bonds. The van der Waals surface area contributed by atoms with Crippen molar-refractivity contribution in [3.63, 3.8) is 0 Å². The first kappa shape index (κ1) is 9.18. The van der Waals surface area contributed by atoms with Gasteiger partial charge in [-0.15, -0.1) is 0 Å². The molecule has 4 heteroatoms. The van der Waals surface area contributed by atoms with Gasteiger partial charge < -0.3 is 15.4 Å². The van der Waals surface area contributed by atoms with Crippen LogP contribution in [0.5, 0.6) is 0 Å². The molecular weight excluding hydrogens is 178 g/mol. The van der Waals surface area contributed by atoms with E-state index in [4.69, 9.17) is 10.8 Å². The fourth-order valence-corrected chi connectivity index (χ4v) is 1.64. The summed E-state index contributed by atoms with van der Waals surface area (Å²) >= 11 is 0. The maximum Gasteiger partial charge on any atom is 0.140 e. The molecule has 0 aliphatic rings. The molecule has 0 saturated carbocycles. The second-order valence-corrected chi connectivity index (χ2v) is 3.15. The molecule has 4 nitrogen and oxygen atoms in total. The summed E-state index contributed by atoms with van der Waals surface area (Å²) in [6, 6.07) is 3.89. The lowest BCUT2D eigenvalue weighted by Gasteiger charge is -1.99. The van der Waals surface area contributed by atoms with Gasteiger partial charge >= 0.3 is 0 Å². The number of fused-ring (bicyclic) bond motifs is 1. The van der Waals surface area contributed by atoms with Crippen LogP contribution in [0.15, 0.2) is 24.5 Å². The SMILES string of the molecule is NCc1cn(CCO)c2ncccc12. The van der Waals surface area contributed by atoms with Crippen LogP contribution in [0.1, 0.15) is 5.56 Å². The van der Waals surface area contributed by atoms with Gasteiger partial charge in [0, 0.05) is 30.9 Å². The van der Waals surface area contributed by atoms with Crippen molar-refractivity contribution in [3.05, 3.63) is 30.1 Å². The summed E-state index contributed by atoms with van der Waals surface area (Å²) in [6.45, 7) is 1.18. The summed E-state index contributed by atoms with van der Waals surface area (Å²) in [4.78, 5) is 4.26. The zero-order chi connectivity index (χ0) is 9.97. The highest BCUT2D eigenvalue weighted by molar-refractivity contribution is 5.80. The maximum atomic E-state index is 8.88. The lowest BCUT2D eigenvalue weighted by atomic mass is 10.2. The summed E-state index contributed by atoms with van der Waals surface area (Å²) < 4.78 is 1.93. The van der Waals surface area contributed by atoms with E-state index in [1.54, 1.807) is 6.20 Å². The minimum Gasteiger partial charge on any atom is -0.395 e. The predicted octanol–water partition coefficient (Wildman–Crippen LogP) is 0.487. The van der Waals surface area contributed by atoms with Crippen LogP contribution in [0.3, 0.4) is 0 Å². The summed E-state index contributed by atoms with van der Waals surface area (Å²) in [5.41, 5.74) is 7.58. The standard InChI is InChI=1S/C10H13N3O/c11-6-8-7-13(4-5-14)10-9(8)2-1-3-12-10/h1-3,7,14H,4-6,11H2. The molecule has 0 saturated heterocycles. The number of nitrogens with zero attached hydrogens (tertiary/aromatic N) is 2. The van der Waals surface area contributed by atoms with E-state index in [9.17, 15) is 0 Å². The number of nitrogens with two attached hydrogens (primary N) is 1. The Morgan fingerprint density at radius 2 is 2.36 bits per heavy atom. The van der Waals surface area contributed by atoms with E-state index in [0.29, 0.717) is 13.1 Å². The Bertz CT molecular complexity index is 436. The van der Waals surface area contributed by atoms with Gasteiger partial charge in [0.2, 0.25) is 0 Å². The van der Waals surface area contributed by atoms with Gasteiger partial charge in [-0.25, -0.2) is 4.98 Å². The first-order valence-electron chi connectivity index (χ1n) is 4.60. The lowest BCUT2D eigenvalue weighted by molar-refractivity contribution is 0.278. The predicted molar refractivity (Wildman–Crippen MR) is 54.7 cm³/mol. The van der Waals surface area contributed by atoms with E-state index >= 15 is 0 Å². The van der Waals surface area contributed by atoms with Crippen molar-refractivity contribution in [2.45, 2.75) is 13.1 Å². The van der Waals surface area contributed by atoms with Crippen LogP contribution in [0.2, 0.25) is 0 Å². The van der Waals surface area contributed by atoms with Crippen molar-refractivity contribution in [1.29, 1.82) is 0 Å². The molecule has 0 fully saturated rings. The molecule has 0 aliphatic carbocycles. The van der Waals surface area contributed by atoms with Crippen LogP contribution < -0.4 is 5.73 Å². The van der Waals surface area contributed by atoms with Gasteiger partial charge in [-0.1, -0.05) is 0 Å². The van der Waals surface area contributed by atoms with Crippen molar-refractivity contribution in [2.75, 3.05) is 6.61 Å². The van der Waals surface area contributed by atoms with Crippen LogP contribution in [-0.2, 0) is 13.1 Å². The molecule has 0 bridgehead atoms. The molecule has 2 rings (SSSR count). The Labute approximate surface area is 82.0 Å². The number of aliphatic hydroxyl groups is 1. The minimum absolute atomic E-state index is 0.115. The molecule has 2 aromatic heterocycles. The average Bonchev–Trinajstić information content (AvgIpc) is 2.58. The molecule has 0 aliphatic heterocycles. The highest BCUT2D eigenvalue weighted by Gasteiger charge is 2.06. The van der Waals surface area contributed by atoms with E-state index in [2.05, 4.69) is 4.98 Å². The molecule has 2 heterocycles. The monoisotopic (exact) mass is 191 g/mol. The highest BCUT2D eigenvalue weighted by atomic mass is 16.3. The Morgan fingerprint density at radius 3 is 3.07 bits per heavy atom. The third kappa shape index (κ3) is 1.38. The number of aromatic nitrogens is 2. The van der Waals surface area contributed by atoms with Crippen LogP contribution in [0.25, 0.3) is 11.0 Å². The Balaban J connectivity index is 2.61. The topological polar surface area (TPSA) is 64.1 Å². The second-order valence-electron chi connectivity index (χ2n) is 3.15. The Morgan fingerprint density at radius 1 is 1.50 bits per heavy atom. The van der Waals surface area contributed by atoms with Crippen LogP contribution in [-0.4, -0.2) is 21.3 Å². The first-order valence-corrected chi connectivity index (χ1v) is 4.60. The molecule has 74 valence electrons. The van der Waals surface area contributed by atoms with Gasteiger partial charge in [0.25, 0.3) is 0 Å². The maximum absolute atomic E-state index is 8.88. The summed E-state index contributed by atoms with van der Waals surface area (Å²) in [6.07, 6.45) is 3.70. The van der Waals surface area contributed by atoms with Crippen molar-refractivity contribution < 1.29 is 5.11 Å². The Kier molecular flexibility index (Phi) is 2.47. The van der Waals surface area contributed by atoms with E-state index in [-0.39, 0.29) is 6.61 Å². The number of hydrogen-bond donors (Lipinski definition) is 2. The number of hydrogen-bond acceptors (Lipinski definition) is 3. The molecule has 14 heavy (non-hydrogen) atoms. The molecule has 0 unspecified atom stereocenters. The highest BCUT2D eigenvalue weighted by Crippen LogP contribution is 2.18. The molecule has 0 aromatic carbocycles. The largest absolute Gasteiger partial charge is 0.395 e. The van der Waals surface area contributed by atoms with E-state index in [1.807, 2.05) is 22.9 Å². The van der Waals surface area contributed by atoms with Gasteiger partial charge in [-0.2, -0.15) is 0 Å². The molecular formula is C10H13N3O. The average molecular weight is 191 g/mol. The third-order valence-electron chi connectivity index (χ3n) is 2.28. The molecule has 3 N–H and O–H groups in total. The van der Waals surface area contributed by atoms with E-state index in [1.165, 1.54) is 0 Å². The number of pyridine rings is 1. The fraction of sp³-hybridized carbons (Fsp3) is 0.300. The zero-order valence-electron chi connectivity index (χ0n) is 7.85. The van der Waals surface area contributed by atoms with Gasteiger partial charge in [0.15, 0.2) is 0 Å². The summed E-state index contributed by atoms with van der Waals surface area (Å²) in [7, 11) is 0. The Hall–Kier alpha value is -1.39. The van der Waals surface area contributed by atoms with Crippen molar-refractivity contribution >= 4 is 11.0 Å². The van der Waals surface area contributed by atoms with Crippen molar-refractivity contribution in [3.8, 4) is 0 Å². The minimum atomic E-state index is 0.115. The molecule has 0 radical (unpaired) electrons. The second kappa shape index (κ2) is 3.77.